The van der Waals surface area contributed by atoms with Gasteiger partial charge in [0.25, 0.3) is 10.2 Å². The Morgan fingerprint density at radius 3 is 2.43 bits per heavy atom. The lowest BCUT2D eigenvalue weighted by atomic mass is 9.98. The van der Waals surface area contributed by atoms with Crippen LogP contribution in [0.2, 0.25) is 0 Å². The fourth-order valence-corrected chi connectivity index (χ4v) is 4.86. The van der Waals surface area contributed by atoms with Crippen LogP contribution in [-0.2, 0) is 10.2 Å². The first-order chi connectivity index (χ1) is 10.0. The molecule has 0 spiro atoms. The van der Waals surface area contributed by atoms with Crippen molar-refractivity contribution in [2.45, 2.75) is 38.1 Å². The Bertz CT molecular complexity index is 405. The van der Waals surface area contributed by atoms with E-state index in [4.69, 9.17) is 0 Å². The van der Waals surface area contributed by atoms with Gasteiger partial charge in [-0.05, 0) is 58.8 Å². The van der Waals surface area contributed by atoms with Gasteiger partial charge in [0, 0.05) is 25.7 Å². The molecule has 0 amide bonds. The zero-order chi connectivity index (χ0) is 15.3. The van der Waals surface area contributed by atoms with Gasteiger partial charge >= 0.3 is 0 Å². The third kappa shape index (κ3) is 4.89. The Morgan fingerprint density at radius 2 is 1.76 bits per heavy atom. The zero-order valence-corrected chi connectivity index (χ0v) is 14.2. The van der Waals surface area contributed by atoms with Crippen LogP contribution in [-0.4, -0.2) is 70.5 Å². The number of nitrogens with one attached hydrogen (secondary N) is 2. The van der Waals surface area contributed by atoms with Crippen LogP contribution in [0, 0.1) is 5.92 Å². The second-order valence-corrected chi connectivity index (χ2v) is 8.13. The van der Waals surface area contributed by atoms with E-state index in [9.17, 15) is 8.42 Å². The van der Waals surface area contributed by atoms with E-state index < -0.39 is 10.2 Å². The molecule has 21 heavy (non-hydrogen) atoms. The van der Waals surface area contributed by atoms with Crippen LogP contribution in [0.3, 0.4) is 0 Å². The summed E-state index contributed by atoms with van der Waals surface area (Å²) >= 11 is 0. The molecule has 1 atom stereocenters. The maximum absolute atomic E-state index is 12.6. The molecule has 0 aromatic heterocycles. The van der Waals surface area contributed by atoms with Crippen molar-refractivity contribution in [3.8, 4) is 0 Å². The van der Waals surface area contributed by atoms with Crippen LogP contribution in [0.4, 0.5) is 0 Å². The van der Waals surface area contributed by atoms with Gasteiger partial charge in [0.2, 0.25) is 0 Å². The highest BCUT2D eigenvalue weighted by molar-refractivity contribution is 7.87. The highest BCUT2D eigenvalue weighted by Gasteiger charge is 2.32. The van der Waals surface area contributed by atoms with Gasteiger partial charge in [-0.3, -0.25) is 0 Å². The van der Waals surface area contributed by atoms with E-state index in [1.54, 1.807) is 4.31 Å². The summed E-state index contributed by atoms with van der Waals surface area (Å²) in [7, 11) is 0.664. The SMILES string of the molecule is CNCC1CCCCN1S(=O)(=O)NCC1CCN(C)CC1. The first-order valence-electron chi connectivity index (χ1n) is 8.12. The van der Waals surface area contributed by atoms with Crippen LogP contribution in [0.15, 0.2) is 0 Å². The molecule has 0 bridgehead atoms. The van der Waals surface area contributed by atoms with Crippen LogP contribution in [0.5, 0.6) is 0 Å². The predicted octanol–water partition coefficient (Wildman–Crippen LogP) is 0.237. The first-order valence-corrected chi connectivity index (χ1v) is 9.56. The fraction of sp³-hybridized carbons (Fsp3) is 1.00. The summed E-state index contributed by atoms with van der Waals surface area (Å²) in [5, 5.41) is 3.11. The van der Waals surface area contributed by atoms with Crippen molar-refractivity contribution in [1.29, 1.82) is 0 Å². The average molecular weight is 318 g/mol. The van der Waals surface area contributed by atoms with E-state index >= 15 is 0 Å². The summed E-state index contributed by atoms with van der Waals surface area (Å²) < 4.78 is 29.6. The van der Waals surface area contributed by atoms with Gasteiger partial charge in [0.1, 0.15) is 0 Å². The summed E-state index contributed by atoms with van der Waals surface area (Å²) in [6, 6.07) is 0.0961. The Balaban J connectivity index is 1.87. The highest BCUT2D eigenvalue weighted by atomic mass is 32.2. The van der Waals surface area contributed by atoms with Crippen LogP contribution < -0.4 is 10.0 Å². The number of hydrogen-bond donors (Lipinski definition) is 2. The van der Waals surface area contributed by atoms with Crippen LogP contribution >= 0.6 is 0 Å². The summed E-state index contributed by atoms with van der Waals surface area (Å²) in [5.74, 6) is 0.475. The smallest absolute Gasteiger partial charge is 0.279 e. The average Bonchev–Trinajstić information content (AvgIpc) is 2.47. The van der Waals surface area contributed by atoms with Gasteiger partial charge in [0.05, 0.1) is 0 Å². The van der Waals surface area contributed by atoms with Gasteiger partial charge in [-0.15, -0.1) is 0 Å². The Hall–Kier alpha value is -0.210. The molecule has 0 aliphatic carbocycles. The molecule has 7 heteroatoms. The van der Waals surface area contributed by atoms with Crippen LogP contribution in [0.1, 0.15) is 32.1 Å². The number of likely N-dealkylation sites (N-methyl/N-ethyl adjacent to an activating group) is 1. The maximum atomic E-state index is 12.6. The second-order valence-electron chi connectivity index (χ2n) is 6.42. The lowest BCUT2D eigenvalue weighted by Gasteiger charge is -2.35. The number of nitrogens with zero attached hydrogens (tertiary/aromatic N) is 2. The van der Waals surface area contributed by atoms with E-state index in [-0.39, 0.29) is 6.04 Å². The van der Waals surface area contributed by atoms with E-state index in [2.05, 4.69) is 22.0 Å². The van der Waals surface area contributed by atoms with Crippen molar-refractivity contribution >= 4 is 10.2 Å². The molecule has 124 valence electrons. The Labute approximate surface area is 129 Å². The standard InChI is InChI=1S/C14H30N4O2S/c1-15-12-14-5-3-4-8-18(14)21(19,20)16-11-13-6-9-17(2)10-7-13/h13-16H,3-12H2,1-2H3. The molecule has 2 N–H and O–H groups in total. The molecule has 2 fully saturated rings. The van der Waals surface area contributed by atoms with Crippen LogP contribution in [0.25, 0.3) is 0 Å². The normalized spacial score (nSPS) is 27.0. The molecule has 0 radical (unpaired) electrons. The predicted molar refractivity (Wildman–Crippen MR) is 85.4 cm³/mol. The molecule has 6 nitrogen and oxygen atoms in total. The third-order valence-corrected chi connectivity index (χ3v) is 6.34. The number of likely N-dealkylation sites (tertiary alicyclic amines) is 1. The molecule has 0 saturated carbocycles. The minimum Gasteiger partial charge on any atom is -0.318 e. The maximum Gasteiger partial charge on any atom is 0.279 e. The van der Waals surface area contributed by atoms with Crippen molar-refractivity contribution in [3.63, 3.8) is 0 Å². The Morgan fingerprint density at radius 1 is 1.05 bits per heavy atom. The molecule has 0 aromatic rings. The van der Waals surface area contributed by atoms with Gasteiger partial charge in [-0.2, -0.15) is 12.7 Å². The van der Waals surface area contributed by atoms with Gasteiger partial charge in [0.15, 0.2) is 0 Å². The van der Waals surface area contributed by atoms with Crippen molar-refractivity contribution in [1.82, 2.24) is 19.2 Å². The van der Waals surface area contributed by atoms with Gasteiger partial charge in [-0.1, -0.05) is 6.42 Å². The van der Waals surface area contributed by atoms with Crippen molar-refractivity contribution in [2.24, 2.45) is 5.92 Å². The van der Waals surface area contributed by atoms with Crippen molar-refractivity contribution < 1.29 is 8.42 Å². The van der Waals surface area contributed by atoms with E-state index in [0.29, 0.717) is 19.0 Å². The minimum absolute atomic E-state index is 0.0961. The topological polar surface area (TPSA) is 64.7 Å². The number of rotatable bonds is 6. The van der Waals surface area contributed by atoms with Gasteiger partial charge < -0.3 is 10.2 Å². The molecule has 2 aliphatic rings. The molecule has 2 heterocycles. The highest BCUT2D eigenvalue weighted by Crippen LogP contribution is 2.20. The largest absolute Gasteiger partial charge is 0.318 e. The monoisotopic (exact) mass is 318 g/mol. The molecular formula is C14H30N4O2S. The number of piperidine rings is 2. The van der Waals surface area contributed by atoms with Crippen molar-refractivity contribution in [3.05, 3.63) is 0 Å². The molecule has 2 saturated heterocycles. The molecule has 0 aromatic carbocycles. The lowest BCUT2D eigenvalue weighted by Crippen LogP contribution is -2.53. The van der Waals surface area contributed by atoms with E-state index in [1.807, 2.05) is 7.05 Å². The summed E-state index contributed by atoms with van der Waals surface area (Å²) in [5.41, 5.74) is 0. The fourth-order valence-electron chi connectivity index (χ4n) is 3.30. The zero-order valence-electron chi connectivity index (χ0n) is 13.3. The summed E-state index contributed by atoms with van der Waals surface area (Å²) in [6.45, 7) is 4.10. The van der Waals surface area contributed by atoms with E-state index in [1.165, 1.54) is 0 Å². The second kappa shape index (κ2) is 7.87. The van der Waals surface area contributed by atoms with Gasteiger partial charge in [-0.25, -0.2) is 4.72 Å². The molecular weight excluding hydrogens is 288 g/mol. The van der Waals surface area contributed by atoms with E-state index in [0.717, 1.165) is 51.7 Å². The minimum atomic E-state index is -3.34. The van der Waals surface area contributed by atoms with Crippen molar-refractivity contribution in [2.75, 3.05) is 46.8 Å². The summed E-state index contributed by atoms with van der Waals surface area (Å²) in [6.07, 6.45) is 5.20. The molecule has 1 unspecified atom stereocenters. The lowest BCUT2D eigenvalue weighted by molar-refractivity contribution is 0.216. The molecule has 2 rings (SSSR count). The first kappa shape index (κ1) is 17.1. The quantitative estimate of drug-likeness (QED) is 0.736. The Kier molecular flexibility index (Phi) is 6.43. The third-order valence-electron chi connectivity index (χ3n) is 4.71. The summed E-state index contributed by atoms with van der Waals surface area (Å²) in [4.78, 5) is 2.30. The number of hydrogen-bond acceptors (Lipinski definition) is 4. The molecule has 2 aliphatic heterocycles.